The summed E-state index contributed by atoms with van der Waals surface area (Å²) in [4.78, 5) is 8.66. The molecule has 0 radical (unpaired) electrons. The molecule has 2 rings (SSSR count). The lowest BCUT2D eigenvalue weighted by Gasteiger charge is -2.21. The average Bonchev–Trinajstić information content (AvgIpc) is 3.14. The first-order valence-electron chi connectivity index (χ1n) is 9.68. The van der Waals surface area contributed by atoms with Crippen molar-refractivity contribution in [1.29, 1.82) is 0 Å². The number of nitrogens with one attached hydrogen (secondary N) is 2. The molecule has 0 aliphatic heterocycles. The smallest absolute Gasteiger partial charge is 0.228 e. The number of benzene rings is 1. The van der Waals surface area contributed by atoms with Crippen molar-refractivity contribution < 1.29 is 9.26 Å². The van der Waals surface area contributed by atoms with Gasteiger partial charge in [-0.05, 0) is 31.4 Å². The highest BCUT2D eigenvalue weighted by Gasteiger charge is 2.13. The molecule has 1 heterocycles. The molecular formula is C20H31ClIN5O2. The van der Waals surface area contributed by atoms with Crippen LogP contribution in [-0.2, 0) is 11.2 Å². The molecule has 0 aliphatic rings. The molecule has 0 saturated carbocycles. The summed E-state index contributed by atoms with van der Waals surface area (Å²) in [6.07, 6.45) is 1.78. The molecule has 0 bridgehead atoms. The third kappa shape index (κ3) is 8.88. The van der Waals surface area contributed by atoms with Crippen molar-refractivity contribution in [3.05, 3.63) is 35.2 Å². The number of aromatic nitrogens is 2. The molecule has 0 fully saturated rings. The predicted octanol–water partition coefficient (Wildman–Crippen LogP) is 4.17. The summed E-state index contributed by atoms with van der Waals surface area (Å²) in [6, 6.07) is 7.39. The molecule has 1 aromatic carbocycles. The lowest BCUT2D eigenvalue weighted by Crippen LogP contribution is -2.40. The Kier molecular flexibility index (Phi) is 12.2. The van der Waals surface area contributed by atoms with E-state index in [1.165, 1.54) is 0 Å². The van der Waals surface area contributed by atoms with E-state index in [0.717, 1.165) is 31.1 Å². The maximum atomic E-state index is 6.01. The summed E-state index contributed by atoms with van der Waals surface area (Å²) in [6.45, 7) is 8.54. The van der Waals surface area contributed by atoms with E-state index < -0.39 is 0 Å². The van der Waals surface area contributed by atoms with Crippen LogP contribution in [0.15, 0.2) is 33.8 Å². The zero-order valence-electron chi connectivity index (χ0n) is 17.4. The van der Waals surface area contributed by atoms with Crippen molar-refractivity contribution in [2.75, 3.05) is 26.7 Å². The Morgan fingerprint density at radius 2 is 2.03 bits per heavy atom. The second kappa shape index (κ2) is 13.8. The minimum atomic E-state index is 0. The predicted molar refractivity (Wildman–Crippen MR) is 128 cm³/mol. The van der Waals surface area contributed by atoms with E-state index >= 15 is 0 Å². The van der Waals surface area contributed by atoms with Gasteiger partial charge >= 0.3 is 0 Å². The molecule has 7 nitrogen and oxygen atoms in total. The van der Waals surface area contributed by atoms with E-state index in [0.29, 0.717) is 35.6 Å². The van der Waals surface area contributed by atoms with Crippen LogP contribution in [0.4, 0.5) is 0 Å². The van der Waals surface area contributed by atoms with Gasteiger partial charge in [-0.15, -0.1) is 24.0 Å². The quantitative estimate of drug-likeness (QED) is 0.270. The molecule has 0 aliphatic carbocycles. The fourth-order valence-electron chi connectivity index (χ4n) is 2.77. The van der Waals surface area contributed by atoms with Crippen molar-refractivity contribution in [3.8, 4) is 11.4 Å². The number of nitrogens with zero attached hydrogens (tertiary/aromatic N) is 3. The van der Waals surface area contributed by atoms with E-state index in [1.54, 1.807) is 7.05 Å². The molecule has 1 atom stereocenters. The number of halogens is 2. The lowest BCUT2D eigenvalue weighted by molar-refractivity contribution is 0.0258. The fourth-order valence-corrected chi connectivity index (χ4v) is 2.96. The molecule has 2 N–H and O–H groups in total. The summed E-state index contributed by atoms with van der Waals surface area (Å²) < 4.78 is 11.1. The van der Waals surface area contributed by atoms with Gasteiger partial charge in [-0.1, -0.05) is 42.7 Å². The molecule has 1 unspecified atom stereocenters. The molecule has 1 aromatic heterocycles. The number of aliphatic imine (C=N–C) groups is 1. The Morgan fingerprint density at radius 3 is 2.69 bits per heavy atom. The second-order valence-electron chi connectivity index (χ2n) is 6.72. The Labute approximate surface area is 195 Å². The topological polar surface area (TPSA) is 84.6 Å². The van der Waals surface area contributed by atoms with Crippen molar-refractivity contribution >= 4 is 41.5 Å². The maximum Gasteiger partial charge on any atom is 0.228 e. The first kappa shape index (κ1) is 25.6. The van der Waals surface area contributed by atoms with Crippen molar-refractivity contribution in [3.63, 3.8) is 0 Å². The Hall–Kier alpha value is -1.39. The standard InChI is InChI=1S/C20H30ClN5O2.HI/c1-5-27-17(14(2)3)9-11-23-20(22-4)24-12-10-18-25-19(26-28-18)15-7-6-8-16(21)13-15;/h6-8,13-14,17H,5,9-12H2,1-4H3,(H2,22,23,24);1H. The van der Waals surface area contributed by atoms with Gasteiger partial charge in [0.1, 0.15) is 0 Å². The van der Waals surface area contributed by atoms with E-state index in [4.69, 9.17) is 20.9 Å². The maximum absolute atomic E-state index is 6.01. The first-order valence-corrected chi connectivity index (χ1v) is 10.1. The van der Waals surface area contributed by atoms with E-state index in [9.17, 15) is 0 Å². The number of hydrogen-bond acceptors (Lipinski definition) is 5. The summed E-state index contributed by atoms with van der Waals surface area (Å²) >= 11 is 6.01. The normalized spacial score (nSPS) is 12.6. The summed E-state index contributed by atoms with van der Waals surface area (Å²) in [5.74, 6) is 2.33. The van der Waals surface area contributed by atoms with Gasteiger partial charge in [-0.2, -0.15) is 4.98 Å². The Morgan fingerprint density at radius 1 is 1.28 bits per heavy atom. The third-order valence-electron chi connectivity index (χ3n) is 4.25. The van der Waals surface area contributed by atoms with Crippen LogP contribution < -0.4 is 10.6 Å². The van der Waals surface area contributed by atoms with Crippen molar-refractivity contribution in [2.45, 2.75) is 39.7 Å². The van der Waals surface area contributed by atoms with Gasteiger partial charge in [0, 0.05) is 43.8 Å². The molecular weight excluding hydrogens is 505 g/mol. The van der Waals surface area contributed by atoms with Gasteiger partial charge in [-0.3, -0.25) is 4.99 Å². The summed E-state index contributed by atoms with van der Waals surface area (Å²) in [5, 5.41) is 11.2. The number of rotatable bonds is 10. The van der Waals surface area contributed by atoms with Gasteiger partial charge in [0.25, 0.3) is 0 Å². The number of hydrogen-bond donors (Lipinski definition) is 2. The van der Waals surface area contributed by atoms with Gasteiger partial charge in [-0.25, -0.2) is 0 Å². The molecule has 29 heavy (non-hydrogen) atoms. The minimum Gasteiger partial charge on any atom is -0.378 e. The highest BCUT2D eigenvalue weighted by atomic mass is 127. The highest BCUT2D eigenvalue weighted by Crippen LogP contribution is 2.19. The zero-order valence-corrected chi connectivity index (χ0v) is 20.5. The van der Waals surface area contributed by atoms with Crippen LogP contribution in [0.25, 0.3) is 11.4 Å². The number of guanidine groups is 1. The summed E-state index contributed by atoms with van der Waals surface area (Å²) in [5.41, 5.74) is 0.835. The zero-order chi connectivity index (χ0) is 20.4. The van der Waals surface area contributed by atoms with Crippen LogP contribution in [0.3, 0.4) is 0 Å². The monoisotopic (exact) mass is 535 g/mol. The largest absolute Gasteiger partial charge is 0.378 e. The molecule has 162 valence electrons. The van der Waals surface area contributed by atoms with E-state index in [1.807, 2.05) is 31.2 Å². The molecule has 0 saturated heterocycles. The average molecular weight is 536 g/mol. The molecule has 0 spiro atoms. The second-order valence-corrected chi connectivity index (χ2v) is 7.16. The fraction of sp³-hybridized carbons (Fsp3) is 0.550. The van der Waals surface area contributed by atoms with Gasteiger partial charge in [0.05, 0.1) is 6.10 Å². The van der Waals surface area contributed by atoms with E-state index in [2.05, 4.69) is 39.6 Å². The van der Waals surface area contributed by atoms with Gasteiger partial charge in [0.2, 0.25) is 11.7 Å². The Balaban J connectivity index is 0.00000420. The van der Waals surface area contributed by atoms with Crippen LogP contribution in [0, 0.1) is 5.92 Å². The summed E-state index contributed by atoms with van der Waals surface area (Å²) in [7, 11) is 1.75. The SMILES string of the molecule is CCOC(CCNC(=NC)NCCc1nc(-c2cccc(Cl)c2)no1)C(C)C.I. The van der Waals surface area contributed by atoms with Crippen LogP contribution in [0.5, 0.6) is 0 Å². The van der Waals surface area contributed by atoms with Crippen molar-refractivity contribution in [2.24, 2.45) is 10.9 Å². The highest BCUT2D eigenvalue weighted by molar-refractivity contribution is 14.0. The first-order chi connectivity index (χ1) is 13.5. The van der Waals surface area contributed by atoms with Crippen molar-refractivity contribution in [1.82, 2.24) is 20.8 Å². The van der Waals surface area contributed by atoms with E-state index in [-0.39, 0.29) is 30.1 Å². The Bertz CT molecular complexity index is 754. The molecule has 2 aromatic rings. The third-order valence-corrected chi connectivity index (χ3v) is 4.49. The van der Waals surface area contributed by atoms with Crippen LogP contribution in [-0.4, -0.2) is 48.9 Å². The van der Waals surface area contributed by atoms with Crippen LogP contribution in [0.1, 0.15) is 33.1 Å². The van der Waals surface area contributed by atoms with Gasteiger partial charge < -0.3 is 19.9 Å². The number of ether oxygens (including phenoxy) is 1. The lowest BCUT2D eigenvalue weighted by atomic mass is 10.0. The van der Waals surface area contributed by atoms with Crippen LogP contribution >= 0.6 is 35.6 Å². The molecule has 9 heteroatoms. The minimum absolute atomic E-state index is 0. The van der Waals surface area contributed by atoms with Gasteiger partial charge in [0.15, 0.2) is 5.96 Å². The van der Waals surface area contributed by atoms with Crippen LogP contribution in [0.2, 0.25) is 5.02 Å². The molecule has 0 amide bonds.